The predicted octanol–water partition coefficient (Wildman–Crippen LogP) is 8.76. The summed E-state index contributed by atoms with van der Waals surface area (Å²) < 4.78 is 55.0. The largest absolute Gasteiger partial charge is 0.415 e. The lowest BCUT2D eigenvalue weighted by molar-refractivity contribution is -0.131. The maximum absolute atomic E-state index is 13.5. The number of hydrogen-bond acceptors (Lipinski definition) is 9. The highest BCUT2D eigenvalue weighted by atomic mass is 35.5. The van der Waals surface area contributed by atoms with Crippen LogP contribution >= 0.6 is 23.2 Å². The minimum absolute atomic E-state index is 0.0217. The number of carbonyl (C=O) groups excluding carboxylic acids is 4. The summed E-state index contributed by atoms with van der Waals surface area (Å²) >= 11 is 12.4. The number of carbonyl (C=O) groups is 4. The van der Waals surface area contributed by atoms with E-state index in [1.165, 1.54) is 0 Å². The summed E-state index contributed by atoms with van der Waals surface area (Å²) in [6, 6.07) is 27.6. The van der Waals surface area contributed by atoms with Crippen LogP contribution in [0, 0.1) is 0 Å². The van der Waals surface area contributed by atoms with E-state index in [0.717, 1.165) is 50.4 Å². The average molecular weight is 969 g/mol. The zero-order valence-corrected chi connectivity index (χ0v) is 38.5. The molecular formula is C47H51Cl2F4N9O5. The number of piperazine rings is 2. The molecule has 2 saturated heterocycles. The van der Waals surface area contributed by atoms with E-state index in [-0.39, 0.29) is 30.1 Å². The minimum Gasteiger partial charge on any atom is -0.415 e. The van der Waals surface area contributed by atoms with Crippen molar-refractivity contribution in [3.05, 3.63) is 130 Å². The van der Waals surface area contributed by atoms with Gasteiger partial charge in [0.1, 0.15) is 0 Å². The first-order valence-corrected chi connectivity index (χ1v) is 22.5. The molecule has 0 saturated carbocycles. The first-order chi connectivity index (χ1) is 32.2. The van der Waals surface area contributed by atoms with Gasteiger partial charge in [0.05, 0.1) is 19.6 Å². The molecule has 67 heavy (non-hydrogen) atoms. The van der Waals surface area contributed by atoms with Crippen molar-refractivity contribution < 1.29 is 41.2 Å². The number of rotatable bonds is 14. The zero-order chi connectivity index (χ0) is 48.0. The quantitative estimate of drug-likeness (QED) is 0.0856. The van der Waals surface area contributed by atoms with Crippen LogP contribution in [0.15, 0.2) is 101 Å². The van der Waals surface area contributed by atoms with E-state index < -0.39 is 37.0 Å². The maximum Gasteiger partial charge on any atom is 0.324 e. The summed E-state index contributed by atoms with van der Waals surface area (Å²) in [5, 5.41) is 9.98. The third-order valence-electron chi connectivity index (χ3n) is 11.3. The molecule has 356 valence electrons. The highest BCUT2D eigenvalue weighted by Crippen LogP contribution is 2.27. The van der Waals surface area contributed by atoms with Crippen LogP contribution in [0.4, 0.5) is 38.5 Å². The number of likely N-dealkylation sites (N-methyl/N-ethyl adjacent to an activating group) is 2. The predicted molar refractivity (Wildman–Crippen MR) is 248 cm³/mol. The molecule has 1 aromatic heterocycles. The highest BCUT2D eigenvalue weighted by molar-refractivity contribution is 6.31. The number of halogens is 6. The molecule has 2 fully saturated rings. The van der Waals surface area contributed by atoms with Crippen molar-refractivity contribution >= 4 is 58.3 Å². The molecule has 5 aromatic rings. The van der Waals surface area contributed by atoms with Gasteiger partial charge in [-0.2, -0.15) is 17.6 Å². The van der Waals surface area contributed by atoms with Crippen molar-refractivity contribution in [3.63, 3.8) is 0 Å². The van der Waals surface area contributed by atoms with Crippen molar-refractivity contribution in [2.24, 2.45) is 0 Å². The van der Waals surface area contributed by atoms with Crippen LogP contribution in [0.3, 0.4) is 0 Å². The Morgan fingerprint density at radius 2 is 1.12 bits per heavy atom. The van der Waals surface area contributed by atoms with Gasteiger partial charge in [-0.25, -0.2) is 9.59 Å². The third-order valence-corrected chi connectivity index (χ3v) is 11.8. The molecule has 0 radical (unpaired) electrons. The van der Waals surface area contributed by atoms with Gasteiger partial charge in [-0.05, 0) is 72.7 Å². The number of anilines is 2. The van der Waals surface area contributed by atoms with Gasteiger partial charge in [-0.15, -0.1) is 10.2 Å². The van der Waals surface area contributed by atoms with E-state index >= 15 is 0 Å². The summed E-state index contributed by atoms with van der Waals surface area (Å²) in [5.41, 5.74) is 3.78. The number of aromatic nitrogens is 2. The van der Waals surface area contributed by atoms with Crippen LogP contribution in [-0.2, 0) is 17.9 Å². The van der Waals surface area contributed by atoms with Gasteiger partial charge in [0.25, 0.3) is 11.8 Å². The second-order valence-corrected chi connectivity index (χ2v) is 16.5. The Bertz CT molecular complexity index is 2430. The van der Waals surface area contributed by atoms with E-state index in [1.54, 1.807) is 88.7 Å². The Kier molecular flexibility index (Phi) is 18.1. The van der Waals surface area contributed by atoms with Crippen LogP contribution in [0.5, 0.6) is 0 Å². The van der Waals surface area contributed by atoms with Crippen molar-refractivity contribution in [2.75, 3.05) is 81.8 Å². The zero-order valence-electron chi connectivity index (χ0n) is 37.0. The summed E-state index contributed by atoms with van der Waals surface area (Å²) in [6.07, 6.45) is -5.99. The SMILES string of the molecule is CCN1CCN(C(=O)N(Cc2ccc(-c3nnc(C(F)F)o3)cc2)c2cccc(Cl)c2)CC1.CCN1CCN(C(=O)N(Cc2ccc(C(=O)CNC(=O)C(F)F)cc2)c2cccc(Cl)c2)CC1. The molecular weight excluding hydrogens is 917 g/mol. The van der Waals surface area contributed by atoms with Gasteiger partial charge < -0.3 is 29.3 Å². The molecule has 0 atom stereocenters. The maximum atomic E-state index is 13.5. The second kappa shape index (κ2) is 24.1. The molecule has 0 spiro atoms. The monoisotopic (exact) mass is 967 g/mol. The van der Waals surface area contributed by atoms with Gasteiger partial charge in [-0.1, -0.05) is 85.6 Å². The van der Waals surface area contributed by atoms with E-state index in [9.17, 15) is 36.7 Å². The number of amides is 5. The van der Waals surface area contributed by atoms with Crippen LogP contribution in [0.1, 0.15) is 47.6 Å². The van der Waals surface area contributed by atoms with Crippen molar-refractivity contribution in [1.29, 1.82) is 0 Å². The number of urea groups is 2. The van der Waals surface area contributed by atoms with E-state index in [0.29, 0.717) is 59.7 Å². The Balaban J connectivity index is 0.000000221. The average Bonchev–Trinajstić information content (AvgIpc) is 3.85. The summed E-state index contributed by atoms with van der Waals surface area (Å²) in [6.45, 7) is 12.0. The van der Waals surface area contributed by atoms with Crippen molar-refractivity contribution in [1.82, 2.24) is 35.1 Å². The number of nitrogens with one attached hydrogen (secondary N) is 1. The van der Waals surface area contributed by atoms with Gasteiger partial charge in [0, 0.05) is 84.9 Å². The summed E-state index contributed by atoms with van der Waals surface area (Å²) in [4.78, 5) is 61.6. The number of Topliss-reactive ketones (excluding diaryl/α,β-unsaturated/α-hetero) is 1. The molecule has 5 amide bonds. The Labute approximate surface area is 396 Å². The molecule has 0 bridgehead atoms. The van der Waals surface area contributed by atoms with E-state index in [1.807, 2.05) is 33.3 Å². The fraction of sp³-hybridized carbons (Fsp3) is 0.362. The summed E-state index contributed by atoms with van der Waals surface area (Å²) in [5.74, 6) is -2.67. The Morgan fingerprint density at radius 3 is 1.52 bits per heavy atom. The van der Waals surface area contributed by atoms with Gasteiger partial charge in [-0.3, -0.25) is 19.4 Å². The van der Waals surface area contributed by atoms with Crippen LogP contribution in [0.25, 0.3) is 11.5 Å². The minimum atomic E-state index is -3.17. The lowest BCUT2D eigenvalue weighted by atomic mass is 10.1. The van der Waals surface area contributed by atoms with E-state index in [4.69, 9.17) is 27.6 Å². The number of benzene rings is 4. The first kappa shape index (κ1) is 50.3. The lowest BCUT2D eigenvalue weighted by Gasteiger charge is -2.37. The lowest BCUT2D eigenvalue weighted by Crippen LogP contribution is -2.52. The number of alkyl halides is 4. The molecule has 20 heteroatoms. The van der Waals surface area contributed by atoms with Crippen LogP contribution in [0.2, 0.25) is 10.0 Å². The second-order valence-electron chi connectivity index (χ2n) is 15.6. The summed E-state index contributed by atoms with van der Waals surface area (Å²) in [7, 11) is 0. The normalized spacial score (nSPS) is 14.4. The number of ketones is 1. The molecule has 14 nitrogen and oxygen atoms in total. The molecule has 1 N–H and O–H groups in total. The molecule has 2 aliphatic rings. The molecule has 3 heterocycles. The van der Waals surface area contributed by atoms with E-state index in [2.05, 4.69) is 33.8 Å². The Hall–Kier alpha value is -6.08. The van der Waals surface area contributed by atoms with Crippen molar-refractivity contribution in [2.45, 2.75) is 39.8 Å². The highest BCUT2D eigenvalue weighted by Gasteiger charge is 2.28. The molecule has 0 unspecified atom stereocenters. The standard InChI is InChI=1S/C24H27ClF2N4O3.C23H24ClF2N5O2/c1-2-29-10-12-30(13-11-29)24(34)31(20-5-3-4-19(25)14-20)16-17-6-8-18(9-7-17)21(32)15-28-23(33)22(26)27;1-2-29-10-12-30(13-11-29)23(32)31(19-5-3-4-18(24)14-19)15-16-6-8-17(9-7-16)21-27-28-22(33-21)20(25)26/h3-9,14,22H,2,10-13,15-16H2,1H3,(H,28,33);3-9,14,20H,2,10-13,15H2,1H3. The molecule has 2 aliphatic heterocycles. The smallest absolute Gasteiger partial charge is 0.324 e. The molecule has 7 rings (SSSR count). The van der Waals surface area contributed by atoms with Crippen LogP contribution in [-0.4, -0.2) is 132 Å². The Morgan fingerprint density at radius 1 is 0.657 bits per heavy atom. The number of nitrogens with zero attached hydrogens (tertiary/aromatic N) is 8. The third kappa shape index (κ3) is 14.0. The van der Waals surface area contributed by atoms with Gasteiger partial charge in [0.2, 0.25) is 5.89 Å². The fourth-order valence-electron chi connectivity index (χ4n) is 7.38. The topological polar surface area (TPSA) is 139 Å². The molecule has 0 aliphatic carbocycles. The van der Waals surface area contributed by atoms with Crippen molar-refractivity contribution in [3.8, 4) is 11.5 Å². The number of hydrogen-bond donors (Lipinski definition) is 1. The fourth-order valence-corrected chi connectivity index (χ4v) is 7.75. The van der Waals surface area contributed by atoms with Gasteiger partial charge >= 0.3 is 24.9 Å². The van der Waals surface area contributed by atoms with Crippen LogP contribution < -0.4 is 15.1 Å². The van der Waals surface area contributed by atoms with Gasteiger partial charge in [0.15, 0.2) is 5.78 Å². The molecule has 4 aromatic carbocycles. The first-order valence-electron chi connectivity index (χ1n) is 21.7.